The van der Waals surface area contributed by atoms with Crippen LogP contribution in [0.3, 0.4) is 0 Å². The summed E-state index contributed by atoms with van der Waals surface area (Å²) in [5.74, 6) is 1.02. The Morgan fingerprint density at radius 3 is 2.79 bits per heavy atom. The van der Waals surface area contributed by atoms with Gasteiger partial charge in [-0.05, 0) is 112 Å². The van der Waals surface area contributed by atoms with Gasteiger partial charge in [-0.15, -0.1) is 0 Å². The zero-order valence-electron chi connectivity index (χ0n) is 23.4. The molecule has 7 heteroatoms. The van der Waals surface area contributed by atoms with Gasteiger partial charge in [0.2, 0.25) is 0 Å². The Morgan fingerprint density at radius 1 is 1.11 bits per heavy atom. The number of hydrogen-bond donors (Lipinski definition) is 2. The highest BCUT2D eigenvalue weighted by molar-refractivity contribution is 5.96. The molecule has 2 heterocycles. The van der Waals surface area contributed by atoms with Crippen molar-refractivity contribution in [2.45, 2.75) is 96.3 Å². The lowest BCUT2D eigenvalue weighted by Crippen LogP contribution is -2.60. The van der Waals surface area contributed by atoms with Gasteiger partial charge in [0.05, 0.1) is 17.6 Å². The topological polar surface area (TPSA) is 87.3 Å². The second kappa shape index (κ2) is 9.90. The van der Waals surface area contributed by atoms with E-state index < -0.39 is 5.60 Å². The molecule has 208 valence electrons. The summed E-state index contributed by atoms with van der Waals surface area (Å²) in [5.41, 5.74) is 2.56. The minimum Gasteiger partial charge on any atom is -0.431 e. The first-order valence-electron chi connectivity index (χ1n) is 14.9. The lowest BCUT2D eigenvalue weighted by Gasteiger charge is -2.61. The Morgan fingerprint density at radius 2 is 1.97 bits per heavy atom. The van der Waals surface area contributed by atoms with Gasteiger partial charge in [-0.3, -0.25) is 4.90 Å². The van der Waals surface area contributed by atoms with E-state index in [0.717, 1.165) is 95.2 Å². The maximum atomic E-state index is 12.4. The summed E-state index contributed by atoms with van der Waals surface area (Å²) in [6.07, 6.45) is 13.1. The summed E-state index contributed by atoms with van der Waals surface area (Å²) in [5, 5.41) is 20.5. The molecule has 0 aromatic carbocycles. The fraction of sp³-hybridized carbons (Fsp3) is 0.742. The highest BCUT2D eigenvalue weighted by atomic mass is 16.6. The van der Waals surface area contributed by atoms with Gasteiger partial charge in [0.15, 0.2) is 6.23 Å². The summed E-state index contributed by atoms with van der Waals surface area (Å²) >= 11 is 0. The summed E-state index contributed by atoms with van der Waals surface area (Å²) < 4.78 is 5.23. The van der Waals surface area contributed by atoms with Gasteiger partial charge >= 0.3 is 5.63 Å². The molecule has 0 amide bonds. The summed E-state index contributed by atoms with van der Waals surface area (Å²) in [4.78, 5) is 19.9. The van der Waals surface area contributed by atoms with Crippen LogP contribution in [0.4, 0.5) is 0 Å². The third-order valence-corrected chi connectivity index (χ3v) is 11.5. The molecule has 1 saturated heterocycles. The molecule has 1 aromatic heterocycles. The molecule has 4 aliphatic carbocycles. The number of hydrogen-bond acceptors (Lipinski definition) is 7. The van der Waals surface area contributed by atoms with E-state index >= 15 is 0 Å². The van der Waals surface area contributed by atoms with Crippen LogP contribution in [0.25, 0.3) is 0 Å². The van der Waals surface area contributed by atoms with Crippen LogP contribution >= 0.6 is 0 Å². The summed E-state index contributed by atoms with van der Waals surface area (Å²) in [7, 11) is 0. The molecule has 5 aliphatic rings. The predicted octanol–water partition coefficient (Wildman–Crippen LogP) is 4.82. The van der Waals surface area contributed by atoms with E-state index in [1.807, 2.05) is 6.07 Å². The molecule has 4 fully saturated rings. The molecule has 2 N–H and O–H groups in total. The van der Waals surface area contributed by atoms with Crippen molar-refractivity contribution in [1.82, 2.24) is 10.2 Å². The van der Waals surface area contributed by atoms with Crippen molar-refractivity contribution in [3.8, 4) is 0 Å². The van der Waals surface area contributed by atoms with E-state index in [1.54, 1.807) is 6.26 Å². The highest BCUT2D eigenvalue weighted by Crippen LogP contribution is 2.69. The van der Waals surface area contributed by atoms with E-state index in [4.69, 9.17) is 9.25 Å². The third kappa shape index (κ3) is 4.20. The standard InChI is InChI=1S/C31H45N3O4/c1-21(34-17-4-15-32-16-18-34)38-33-24-9-12-29(2)23(19-24)6-7-27-26(29)10-13-30(3)25(11-14-31(27,30)36)22-5-8-28(35)37-20-22/h5,8,19-21,25-27,32,36H,4,6-7,9-18H2,1-3H3/b33-24+/t21?,25-,26+,27-,29+,30-,31+/m1/s1. The maximum absolute atomic E-state index is 12.4. The molecule has 0 bridgehead atoms. The van der Waals surface area contributed by atoms with Crippen LogP contribution in [0.2, 0.25) is 0 Å². The van der Waals surface area contributed by atoms with E-state index in [0.29, 0.717) is 11.8 Å². The lowest BCUT2D eigenvalue weighted by atomic mass is 9.45. The number of rotatable bonds is 4. The fourth-order valence-corrected chi connectivity index (χ4v) is 9.16. The Bertz CT molecular complexity index is 1130. The Balaban J connectivity index is 1.19. The van der Waals surface area contributed by atoms with Gasteiger partial charge in [0.1, 0.15) is 0 Å². The lowest BCUT2D eigenvalue weighted by molar-refractivity contribution is -0.176. The quantitative estimate of drug-likeness (QED) is 0.551. The van der Waals surface area contributed by atoms with Crippen LogP contribution < -0.4 is 10.9 Å². The number of nitrogens with zero attached hydrogens (tertiary/aromatic N) is 2. The van der Waals surface area contributed by atoms with Crippen LogP contribution in [0, 0.1) is 22.7 Å². The van der Waals surface area contributed by atoms with Crippen LogP contribution in [-0.2, 0) is 4.84 Å². The summed E-state index contributed by atoms with van der Waals surface area (Å²) in [6, 6.07) is 3.44. The SMILES string of the molecule is CC(O/N=C1/C=C2CC[C@@H]3[C@H](CC[C@]4(C)[C@@H](c5ccc(=O)oc5)CC[C@]34O)[C@@]2(C)CC1)N1CCCNCC1. The molecule has 38 heavy (non-hydrogen) atoms. The number of fused-ring (bicyclic) bond motifs is 5. The Kier molecular flexibility index (Phi) is 6.84. The second-order valence-corrected chi connectivity index (χ2v) is 13.1. The number of nitrogens with one attached hydrogen (secondary N) is 1. The molecule has 1 aliphatic heterocycles. The van der Waals surface area contributed by atoms with Gasteiger partial charge in [-0.2, -0.15) is 0 Å². The molecule has 6 rings (SSSR count). The minimum absolute atomic E-state index is 0.0110. The predicted molar refractivity (Wildman–Crippen MR) is 148 cm³/mol. The van der Waals surface area contributed by atoms with E-state index in [2.05, 4.69) is 42.2 Å². The molecule has 1 unspecified atom stereocenters. The smallest absolute Gasteiger partial charge is 0.335 e. The first-order valence-corrected chi connectivity index (χ1v) is 14.9. The van der Waals surface area contributed by atoms with Crippen LogP contribution in [0.15, 0.2) is 44.4 Å². The average molecular weight is 524 g/mol. The molecule has 3 saturated carbocycles. The van der Waals surface area contributed by atoms with Gasteiger partial charge in [-0.1, -0.05) is 24.6 Å². The highest BCUT2D eigenvalue weighted by Gasteiger charge is 2.66. The molecule has 0 radical (unpaired) electrons. The summed E-state index contributed by atoms with van der Waals surface area (Å²) in [6.45, 7) is 11.0. The van der Waals surface area contributed by atoms with Crippen molar-refractivity contribution < 1.29 is 14.4 Å². The maximum Gasteiger partial charge on any atom is 0.335 e. The van der Waals surface area contributed by atoms with Gasteiger partial charge in [0.25, 0.3) is 0 Å². The average Bonchev–Trinajstić information content (AvgIpc) is 3.06. The number of allylic oxidation sites excluding steroid dienone is 2. The van der Waals surface area contributed by atoms with E-state index in [9.17, 15) is 9.90 Å². The van der Waals surface area contributed by atoms with Gasteiger partial charge in [0, 0.05) is 31.1 Å². The van der Waals surface area contributed by atoms with Crippen molar-refractivity contribution >= 4 is 5.71 Å². The van der Waals surface area contributed by atoms with Crippen molar-refractivity contribution in [3.05, 3.63) is 46.0 Å². The second-order valence-electron chi connectivity index (χ2n) is 13.1. The largest absolute Gasteiger partial charge is 0.431 e. The number of aliphatic hydroxyl groups is 1. The van der Waals surface area contributed by atoms with Crippen LogP contribution in [-0.4, -0.2) is 53.7 Å². The third-order valence-electron chi connectivity index (χ3n) is 11.5. The Hall–Kier alpha value is -1.96. The molecule has 7 nitrogen and oxygen atoms in total. The van der Waals surface area contributed by atoms with Crippen molar-refractivity contribution in [3.63, 3.8) is 0 Å². The monoisotopic (exact) mass is 523 g/mol. The van der Waals surface area contributed by atoms with Gasteiger partial charge in [-0.25, -0.2) is 4.79 Å². The van der Waals surface area contributed by atoms with Crippen molar-refractivity contribution in [1.29, 1.82) is 0 Å². The molecular formula is C31H45N3O4. The van der Waals surface area contributed by atoms with Crippen LogP contribution in [0.1, 0.15) is 90.0 Å². The molecular weight excluding hydrogens is 478 g/mol. The fourth-order valence-electron chi connectivity index (χ4n) is 9.16. The van der Waals surface area contributed by atoms with Crippen LogP contribution in [0.5, 0.6) is 0 Å². The minimum atomic E-state index is -0.680. The van der Waals surface area contributed by atoms with E-state index in [-0.39, 0.29) is 28.6 Å². The first kappa shape index (κ1) is 26.3. The van der Waals surface area contributed by atoms with E-state index in [1.165, 1.54) is 11.6 Å². The Labute approximate surface area is 226 Å². The molecule has 7 atom stereocenters. The zero-order valence-corrected chi connectivity index (χ0v) is 23.4. The first-order chi connectivity index (χ1) is 18.2. The molecule has 0 spiro atoms. The van der Waals surface area contributed by atoms with Crippen molar-refractivity contribution in [2.24, 2.45) is 27.8 Å². The number of oxime groups is 1. The zero-order chi connectivity index (χ0) is 26.5. The van der Waals surface area contributed by atoms with Crippen molar-refractivity contribution in [2.75, 3.05) is 26.2 Å². The normalized spacial score (nSPS) is 41.4. The van der Waals surface area contributed by atoms with Gasteiger partial charge < -0.3 is 19.7 Å². The molecule has 1 aromatic rings.